The number of halogens is 1. The smallest absolute Gasteiger partial charge is 0.338 e. The second kappa shape index (κ2) is 5.95. The molecule has 1 aromatic carbocycles. The Balaban J connectivity index is 2.03. The fraction of sp³-hybridized carbons (Fsp3) is 0.154. The normalized spacial score (nSPS) is 10.2. The van der Waals surface area contributed by atoms with Crippen molar-refractivity contribution in [1.82, 2.24) is 0 Å². The van der Waals surface area contributed by atoms with Crippen LogP contribution >= 0.6 is 22.9 Å². The van der Waals surface area contributed by atoms with Gasteiger partial charge < -0.3 is 15.2 Å². The summed E-state index contributed by atoms with van der Waals surface area (Å²) >= 11 is 7.18. The second-order valence-corrected chi connectivity index (χ2v) is 5.54. The standard InChI is InChI=1S/C13H12ClNO3S/c1-17-11-6-8(2-4-10(11)15)13(16)18-7-9-3-5-12(14)19-9/h2-6H,7,15H2,1H3. The van der Waals surface area contributed by atoms with Gasteiger partial charge in [0.2, 0.25) is 0 Å². The number of carbonyl (C=O) groups excluding carboxylic acids is 1. The van der Waals surface area contributed by atoms with E-state index in [2.05, 4.69) is 0 Å². The monoisotopic (exact) mass is 297 g/mol. The molecule has 2 aromatic rings. The van der Waals surface area contributed by atoms with Gasteiger partial charge in [-0.1, -0.05) is 11.6 Å². The average molecular weight is 298 g/mol. The van der Waals surface area contributed by atoms with Crippen molar-refractivity contribution in [2.75, 3.05) is 12.8 Å². The predicted molar refractivity (Wildman–Crippen MR) is 75.9 cm³/mol. The van der Waals surface area contributed by atoms with Crippen molar-refractivity contribution in [1.29, 1.82) is 0 Å². The molecule has 0 atom stereocenters. The summed E-state index contributed by atoms with van der Waals surface area (Å²) in [6.07, 6.45) is 0. The number of benzene rings is 1. The van der Waals surface area contributed by atoms with E-state index >= 15 is 0 Å². The van der Waals surface area contributed by atoms with Crippen LogP contribution in [0.2, 0.25) is 4.34 Å². The minimum Gasteiger partial charge on any atom is -0.495 e. The summed E-state index contributed by atoms with van der Waals surface area (Å²) in [5.74, 6) is 0.0245. The van der Waals surface area contributed by atoms with Gasteiger partial charge in [0.1, 0.15) is 12.4 Å². The second-order valence-electron chi connectivity index (χ2n) is 3.74. The first-order valence-corrected chi connectivity index (χ1v) is 6.64. The number of carbonyl (C=O) groups is 1. The van der Waals surface area contributed by atoms with Crippen LogP contribution in [0.5, 0.6) is 5.75 Å². The van der Waals surface area contributed by atoms with Crippen LogP contribution in [-0.2, 0) is 11.3 Å². The van der Waals surface area contributed by atoms with Crippen molar-refractivity contribution in [2.24, 2.45) is 0 Å². The maximum absolute atomic E-state index is 11.9. The maximum Gasteiger partial charge on any atom is 0.338 e. The van der Waals surface area contributed by atoms with Gasteiger partial charge in [-0.05, 0) is 30.3 Å². The number of ether oxygens (including phenoxy) is 2. The number of methoxy groups -OCH3 is 1. The Morgan fingerprint density at radius 1 is 1.37 bits per heavy atom. The first kappa shape index (κ1) is 13.7. The Morgan fingerprint density at radius 3 is 2.79 bits per heavy atom. The van der Waals surface area contributed by atoms with Crippen molar-refractivity contribution in [3.05, 3.63) is 45.1 Å². The topological polar surface area (TPSA) is 61.5 Å². The SMILES string of the molecule is COc1cc(C(=O)OCc2ccc(Cl)s2)ccc1N. The third kappa shape index (κ3) is 3.39. The molecule has 0 saturated heterocycles. The molecule has 0 saturated carbocycles. The van der Waals surface area contributed by atoms with Gasteiger partial charge in [0.25, 0.3) is 0 Å². The van der Waals surface area contributed by atoms with Crippen LogP contribution in [0, 0.1) is 0 Å². The van der Waals surface area contributed by atoms with Crippen LogP contribution in [-0.4, -0.2) is 13.1 Å². The number of thiophene rings is 1. The van der Waals surface area contributed by atoms with Gasteiger partial charge in [0.05, 0.1) is 22.7 Å². The number of anilines is 1. The van der Waals surface area contributed by atoms with E-state index in [0.717, 1.165) is 4.88 Å². The molecule has 4 nitrogen and oxygen atoms in total. The summed E-state index contributed by atoms with van der Waals surface area (Å²) in [5.41, 5.74) is 6.55. The molecular formula is C13H12ClNO3S. The highest BCUT2D eigenvalue weighted by atomic mass is 35.5. The molecule has 0 aliphatic rings. The minimum absolute atomic E-state index is 0.197. The van der Waals surface area contributed by atoms with Crippen LogP contribution in [0.3, 0.4) is 0 Å². The number of hydrogen-bond donors (Lipinski definition) is 1. The molecule has 0 bridgehead atoms. The van der Waals surface area contributed by atoms with Gasteiger partial charge in [-0.3, -0.25) is 0 Å². The van der Waals surface area contributed by atoms with Crippen LogP contribution in [0.1, 0.15) is 15.2 Å². The van der Waals surface area contributed by atoms with E-state index in [4.69, 9.17) is 26.8 Å². The molecule has 0 unspecified atom stereocenters. The zero-order valence-electron chi connectivity index (χ0n) is 10.2. The van der Waals surface area contributed by atoms with E-state index in [9.17, 15) is 4.79 Å². The molecule has 2 N–H and O–H groups in total. The Bertz CT molecular complexity index is 597. The summed E-state index contributed by atoms with van der Waals surface area (Å²) in [7, 11) is 1.49. The summed E-state index contributed by atoms with van der Waals surface area (Å²) in [6, 6.07) is 8.35. The average Bonchev–Trinajstić information content (AvgIpc) is 2.82. The Hall–Kier alpha value is -1.72. The molecular weight excluding hydrogens is 286 g/mol. The fourth-order valence-electron chi connectivity index (χ4n) is 1.49. The first-order valence-electron chi connectivity index (χ1n) is 5.45. The highest BCUT2D eigenvalue weighted by molar-refractivity contribution is 7.16. The molecule has 6 heteroatoms. The highest BCUT2D eigenvalue weighted by Gasteiger charge is 2.11. The van der Waals surface area contributed by atoms with Crippen LogP contribution in [0.4, 0.5) is 5.69 Å². The zero-order chi connectivity index (χ0) is 13.8. The van der Waals surface area contributed by atoms with E-state index in [1.54, 1.807) is 24.3 Å². The summed E-state index contributed by atoms with van der Waals surface area (Å²) in [6.45, 7) is 0.197. The first-order chi connectivity index (χ1) is 9.10. The number of hydrogen-bond acceptors (Lipinski definition) is 5. The minimum atomic E-state index is -0.428. The van der Waals surface area contributed by atoms with Crippen molar-refractivity contribution in [3.8, 4) is 5.75 Å². The molecule has 2 rings (SSSR count). The summed E-state index contributed by atoms with van der Waals surface area (Å²) < 4.78 is 10.9. The lowest BCUT2D eigenvalue weighted by atomic mass is 10.2. The molecule has 1 aromatic heterocycles. The zero-order valence-corrected chi connectivity index (χ0v) is 11.8. The molecule has 0 spiro atoms. The molecule has 1 heterocycles. The lowest BCUT2D eigenvalue weighted by Gasteiger charge is -2.07. The van der Waals surface area contributed by atoms with Gasteiger partial charge in [0.15, 0.2) is 0 Å². The molecule has 100 valence electrons. The van der Waals surface area contributed by atoms with Crippen molar-refractivity contribution in [2.45, 2.75) is 6.61 Å². The van der Waals surface area contributed by atoms with Gasteiger partial charge >= 0.3 is 5.97 Å². The number of esters is 1. The van der Waals surface area contributed by atoms with Crippen molar-refractivity contribution >= 4 is 34.6 Å². The van der Waals surface area contributed by atoms with E-state index in [1.165, 1.54) is 18.4 Å². The largest absolute Gasteiger partial charge is 0.495 e. The fourth-order valence-corrected chi connectivity index (χ4v) is 2.49. The highest BCUT2D eigenvalue weighted by Crippen LogP contribution is 2.24. The van der Waals surface area contributed by atoms with Crippen LogP contribution in [0.25, 0.3) is 0 Å². The van der Waals surface area contributed by atoms with E-state index in [0.29, 0.717) is 21.3 Å². The Labute approximate surface area is 119 Å². The molecule has 0 radical (unpaired) electrons. The van der Waals surface area contributed by atoms with Gasteiger partial charge in [-0.25, -0.2) is 4.79 Å². The number of rotatable bonds is 4. The van der Waals surface area contributed by atoms with E-state index in [-0.39, 0.29) is 6.61 Å². The van der Waals surface area contributed by atoms with Crippen molar-refractivity contribution in [3.63, 3.8) is 0 Å². The molecule has 0 fully saturated rings. The quantitative estimate of drug-likeness (QED) is 0.694. The molecule has 0 amide bonds. The molecule has 19 heavy (non-hydrogen) atoms. The Kier molecular flexibility index (Phi) is 4.29. The summed E-state index contributed by atoms with van der Waals surface area (Å²) in [5, 5.41) is 0. The maximum atomic E-state index is 11.9. The van der Waals surface area contributed by atoms with Crippen molar-refractivity contribution < 1.29 is 14.3 Å². The lowest BCUT2D eigenvalue weighted by molar-refractivity contribution is 0.0476. The molecule has 0 aliphatic heterocycles. The molecule has 0 aliphatic carbocycles. The predicted octanol–water partition coefficient (Wildman–Crippen LogP) is 3.35. The van der Waals surface area contributed by atoms with Gasteiger partial charge in [-0.2, -0.15) is 0 Å². The van der Waals surface area contributed by atoms with Crippen LogP contribution in [0.15, 0.2) is 30.3 Å². The van der Waals surface area contributed by atoms with Crippen LogP contribution < -0.4 is 10.5 Å². The lowest BCUT2D eigenvalue weighted by Crippen LogP contribution is -2.05. The summed E-state index contributed by atoms with van der Waals surface area (Å²) in [4.78, 5) is 12.7. The third-order valence-electron chi connectivity index (χ3n) is 2.44. The number of nitrogens with two attached hydrogens (primary N) is 1. The number of nitrogen functional groups attached to an aromatic ring is 1. The van der Waals surface area contributed by atoms with E-state index < -0.39 is 5.97 Å². The van der Waals surface area contributed by atoms with Gasteiger partial charge in [-0.15, -0.1) is 11.3 Å². The van der Waals surface area contributed by atoms with E-state index in [1.807, 2.05) is 6.07 Å². The van der Waals surface area contributed by atoms with Gasteiger partial charge in [0, 0.05) is 4.88 Å². The Morgan fingerprint density at radius 2 is 2.16 bits per heavy atom. The third-order valence-corrected chi connectivity index (χ3v) is 3.65.